The Morgan fingerprint density at radius 2 is 1.53 bits per heavy atom. The summed E-state index contributed by atoms with van der Waals surface area (Å²) in [7, 11) is 0. The quantitative estimate of drug-likeness (QED) is 0.758. The molecule has 3 nitrogen and oxygen atoms in total. The van der Waals surface area contributed by atoms with Gasteiger partial charge in [0.15, 0.2) is 0 Å². The van der Waals surface area contributed by atoms with Gasteiger partial charge in [0.25, 0.3) is 0 Å². The van der Waals surface area contributed by atoms with Gasteiger partial charge in [0, 0.05) is 19.1 Å². The van der Waals surface area contributed by atoms with Crippen molar-refractivity contribution in [1.29, 1.82) is 0 Å². The number of hydrogen-bond acceptors (Lipinski definition) is 2. The molecular weight excluding hydrogens is 188 g/mol. The maximum Gasteiger partial charge on any atom is 0.226 e. The van der Waals surface area contributed by atoms with E-state index >= 15 is 0 Å². The van der Waals surface area contributed by atoms with E-state index in [4.69, 9.17) is 5.73 Å². The summed E-state index contributed by atoms with van der Waals surface area (Å²) in [6.45, 7) is 5.70. The van der Waals surface area contributed by atoms with Gasteiger partial charge in [-0.05, 0) is 19.8 Å². The fourth-order valence-corrected chi connectivity index (χ4v) is 1.98. The Kier molecular flexibility index (Phi) is 5.09. The van der Waals surface area contributed by atoms with Crippen LogP contribution in [0.3, 0.4) is 0 Å². The van der Waals surface area contributed by atoms with Gasteiger partial charge in [-0.1, -0.05) is 26.2 Å². The molecule has 1 fully saturated rings. The first-order chi connectivity index (χ1) is 7.13. The molecular formula is C12H24N2O. The topological polar surface area (TPSA) is 46.3 Å². The lowest BCUT2D eigenvalue weighted by Crippen LogP contribution is -2.42. The van der Waals surface area contributed by atoms with Gasteiger partial charge in [0.1, 0.15) is 0 Å². The lowest BCUT2D eigenvalue weighted by molar-refractivity contribution is -0.135. The summed E-state index contributed by atoms with van der Waals surface area (Å²) in [6.07, 6.45) is 6.15. The second-order valence-electron chi connectivity index (χ2n) is 4.74. The molecule has 1 amide bonds. The van der Waals surface area contributed by atoms with Gasteiger partial charge in [-0.2, -0.15) is 0 Å². The van der Waals surface area contributed by atoms with Gasteiger partial charge in [-0.3, -0.25) is 4.79 Å². The van der Waals surface area contributed by atoms with Crippen LogP contribution < -0.4 is 5.73 Å². The number of carbonyl (C=O) groups is 1. The number of nitrogens with zero attached hydrogens (tertiary/aromatic N) is 1. The third-order valence-electron chi connectivity index (χ3n) is 3.35. The lowest BCUT2D eigenvalue weighted by Gasteiger charge is -2.28. The molecule has 2 unspecified atom stereocenters. The summed E-state index contributed by atoms with van der Waals surface area (Å²) in [5.74, 6) is 0.205. The van der Waals surface area contributed by atoms with Crippen molar-refractivity contribution in [1.82, 2.24) is 4.90 Å². The summed E-state index contributed by atoms with van der Waals surface area (Å²) >= 11 is 0. The molecule has 0 saturated carbocycles. The molecule has 3 heteroatoms. The van der Waals surface area contributed by atoms with Gasteiger partial charge in [0.2, 0.25) is 5.91 Å². The van der Waals surface area contributed by atoms with Crippen LogP contribution in [-0.2, 0) is 4.79 Å². The van der Waals surface area contributed by atoms with Crippen LogP contribution in [0.1, 0.15) is 46.0 Å². The average Bonchev–Trinajstić information content (AvgIpc) is 2.15. The van der Waals surface area contributed by atoms with Crippen LogP contribution in [0.25, 0.3) is 0 Å². The standard InChI is InChI=1S/C12H24N2O/c1-10(11(2)13)12(15)14-8-6-4-3-5-7-9-14/h10-11H,3-9,13H2,1-2H3. The summed E-state index contributed by atoms with van der Waals surface area (Å²) in [5.41, 5.74) is 5.77. The second kappa shape index (κ2) is 6.11. The SMILES string of the molecule is CC(N)C(C)C(=O)N1CCCCCCC1. The number of likely N-dealkylation sites (tertiary alicyclic amines) is 1. The van der Waals surface area contributed by atoms with Crippen molar-refractivity contribution in [2.75, 3.05) is 13.1 Å². The minimum atomic E-state index is -0.0389. The molecule has 1 aliphatic heterocycles. The Hall–Kier alpha value is -0.570. The Labute approximate surface area is 93.0 Å². The van der Waals surface area contributed by atoms with Gasteiger partial charge in [-0.25, -0.2) is 0 Å². The molecule has 1 rings (SSSR count). The molecule has 0 aromatic rings. The van der Waals surface area contributed by atoms with E-state index in [1.807, 2.05) is 18.7 Å². The molecule has 88 valence electrons. The third-order valence-corrected chi connectivity index (χ3v) is 3.35. The third kappa shape index (κ3) is 3.82. The molecule has 0 bridgehead atoms. The molecule has 0 spiro atoms. The first kappa shape index (κ1) is 12.5. The zero-order chi connectivity index (χ0) is 11.3. The van der Waals surface area contributed by atoms with E-state index in [-0.39, 0.29) is 17.9 Å². The average molecular weight is 212 g/mol. The van der Waals surface area contributed by atoms with Crippen molar-refractivity contribution in [3.8, 4) is 0 Å². The highest BCUT2D eigenvalue weighted by molar-refractivity contribution is 5.79. The number of carbonyl (C=O) groups excluding carboxylic acids is 1. The van der Waals surface area contributed by atoms with Crippen LogP contribution in [0.15, 0.2) is 0 Å². The van der Waals surface area contributed by atoms with Crippen LogP contribution in [0.4, 0.5) is 0 Å². The van der Waals surface area contributed by atoms with E-state index in [0.29, 0.717) is 0 Å². The zero-order valence-corrected chi connectivity index (χ0v) is 10.0. The zero-order valence-electron chi connectivity index (χ0n) is 10.0. The predicted octanol–water partition coefficient (Wildman–Crippen LogP) is 1.76. The minimum Gasteiger partial charge on any atom is -0.342 e. The second-order valence-corrected chi connectivity index (χ2v) is 4.74. The van der Waals surface area contributed by atoms with Crippen LogP contribution in [-0.4, -0.2) is 29.9 Å². The fraction of sp³-hybridized carbons (Fsp3) is 0.917. The summed E-state index contributed by atoms with van der Waals surface area (Å²) in [6, 6.07) is -0.0389. The summed E-state index contributed by atoms with van der Waals surface area (Å²) in [4.78, 5) is 14.1. The molecule has 2 atom stereocenters. The first-order valence-electron chi connectivity index (χ1n) is 6.17. The number of amides is 1. The number of rotatable bonds is 2. The Balaban J connectivity index is 2.48. The molecule has 15 heavy (non-hydrogen) atoms. The highest BCUT2D eigenvalue weighted by Gasteiger charge is 2.23. The Morgan fingerprint density at radius 1 is 1.07 bits per heavy atom. The molecule has 1 heterocycles. The van der Waals surface area contributed by atoms with E-state index in [2.05, 4.69) is 0 Å². The van der Waals surface area contributed by atoms with Crippen molar-refractivity contribution in [3.63, 3.8) is 0 Å². The van der Waals surface area contributed by atoms with E-state index in [0.717, 1.165) is 25.9 Å². The molecule has 0 aliphatic carbocycles. The summed E-state index contributed by atoms with van der Waals surface area (Å²) < 4.78 is 0. The van der Waals surface area contributed by atoms with E-state index in [1.165, 1.54) is 19.3 Å². The maximum absolute atomic E-state index is 12.1. The Bertz CT molecular complexity index is 196. The largest absolute Gasteiger partial charge is 0.342 e. The first-order valence-corrected chi connectivity index (χ1v) is 6.17. The lowest BCUT2D eigenvalue weighted by atomic mass is 10.0. The van der Waals surface area contributed by atoms with Gasteiger partial charge in [-0.15, -0.1) is 0 Å². The minimum absolute atomic E-state index is 0.0376. The number of hydrogen-bond donors (Lipinski definition) is 1. The molecule has 0 radical (unpaired) electrons. The molecule has 0 aromatic carbocycles. The van der Waals surface area contributed by atoms with Crippen molar-refractivity contribution in [2.45, 2.75) is 52.0 Å². The molecule has 1 aliphatic rings. The van der Waals surface area contributed by atoms with Crippen molar-refractivity contribution < 1.29 is 4.79 Å². The Morgan fingerprint density at radius 3 is 2.00 bits per heavy atom. The molecule has 1 saturated heterocycles. The summed E-state index contributed by atoms with van der Waals surface area (Å²) in [5, 5.41) is 0. The van der Waals surface area contributed by atoms with Crippen LogP contribution in [0.5, 0.6) is 0 Å². The number of nitrogens with two attached hydrogens (primary N) is 1. The molecule has 2 N–H and O–H groups in total. The highest BCUT2D eigenvalue weighted by atomic mass is 16.2. The maximum atomic E-state index is 12.1. The van der Waals surface area contributed by atoms with E-state index < -0.39 is 0 Å². The van der Waals surface area contributed by atoms with E-state index in [9.17, 15) is 4.79 Å². The van der Waals surface area contributed by atoms with Crippen LogP contribution in [0, 0.1) is 5.92 Å². The normalized spacial score (nSPS) is 22.7. The van der Waals surface area contributed by atoms with Gasteiger partial charge >= 0.3 is 0 Å². The highest BCUT2D eigenvalue weighted by Crippen LogP contribution is 2.14. The van der Waals surface area contributed by atoms with Crippen molar-refractivity contribution in [2.24, 2.45) is 11.7 Å². The van der Waals surface area contributed by atoms with Crippen molar-refractivity contribution in [3.05, 3.63) is 0 Å². The smallest absolute Gasteiger partial charge is 0.226 e. The van der Waals surface area contributed by atoms with Gasteiger partial charge < -0.3 is 10.6 Å². The molecule has 0 aromatic heterocycles. The van der Waals surface area contributed by atoms with E-state index in [1.54, 1.807) is 0 Å². The van der Waals surface area contributed by atoms with Crippen molar-refractivity contribution >= 4 is 5.91 Å². The van der Waals surface area contributed by atoms with Gasteiger partial charge in [0.05, 0.1) is 5.92 Å². The van der Waals surface area contributed by atoms with Crippen LogP contribution in [0.2, 0.25) is 0 Å². The predicted molar refractivity (Wildman–Crippen MR) is 62.5 cm³/mol. The van der Waals surface area contributed by atoms with Crippen LogP contribution >= 0.6 is 0 Å². The monoisotopic (exact) mass is 212 g/mol. The fourth-order valence-electron chi connectivity index (χ4n) is 1.98.